The van der Waals surface area contributed by atoms with Crippen LogP contribution >= 0.6 is 11.3 Å². The first-order valence-corrected chi connectivity index (χ1v) is 12.2. The number of piperidine rings is 1. The number of nitrogens with zero attached hydrogens (tertiary/aromatic N) is 4. The van der Waals surface area contributed by atoms with E-state index >= 15 is 0 Å². The minimum absolute atomic E-state index is 0.0741. The third kappa shape index (κ3) is 3.87. The minimum atomic E-state index is -0.338. The van der Waals surface area contributed by atoms with Crippen LogP contribution in [0.2, 0.25) is 0 Å². The number of aromatic nitrogens is 2. The first kappa shape index (κ1) is 22.3. The molecule has 176 valence electrons. The number of aryl methyl sites for hydroxylation is 1. The van der Waals surface area contributed by atoms with Crippen molar-refractivity contribution in [3.8, 4) is 0 Å². The van der Waals surface area contributed by atoms with Gasteiger partial charge in [-0.3, -0.25) is 19.3 Å². The third-order valence-electron chi connectivity index (χ3n) is 6.58. The van der Waals surface area contributed by atoms with Crippen LogP contribution in [0, 0.1) is 12.8 Å². The molecule has 2 aliphatic rings. The van der Waals surface area contributed by atoms with E-state index in [-0.39, 0.29) is 36.2 Å². The van der Waals surface area contributed by atoms with Gasteiger partial charge in [0.25, 0.3) is 11.8 Å². The van der Waals surface area contributed by atoms with Gasteiger partial charge in [0, 0.05) is 18.0 Å². The smallest absolute Gasteiger partial charge is 0.264 e. The maximum absolute atomic E-state index is 13.5. The molecule has 1 saturated heterocycles. The zero-order valence-corrected chi connectivity index (χ0v) is 19.8. The Hall–Kier alpha value is -3.53. The first-order valence-electron chi connectivity index (χ1n) is 11.3. The van der Waals surface area contributed by atoms with Crippen molar-refractivity contribution < 1.29 is 19.0 Å². The number of hydrogen-bond donors (Lipinski definition) is 1. The van der Waals surface area contributed by atoms with Crippen LogP contribution in [-0.4, -0.2) is 46.0 Å². The number of imide groups is 1. The van der Waals surface area contributed by atoms with Gasteiger partial charge in [-0.1, -0.05) is 22.4 Å². The highest BCUT2D eigenvalue weighted by molar-refractivity contribution is 7.10. The molecule has 2 aliphatic heterocycles. The molecule has 1 aromatic carbocycles. The molecule has 10 heteroatoms. The number of hydrogen-bond acceptors (Lipinski definition) is 8. The molecule has 9 nitrogen and oxygen atoms in total. The van der Waals surface area contributed by atoms with E-state index < -0.39 is 0 Å². The zero-order valence-electron chi connectivity index (χ0n) is 19.0. The van der Waals surface area contributed by atoms with Crippen molar-refractivity contribution in [2.45, 2.75) is 39.3 Å². The fraction of sp³-hybridized carbons (Fsp3) is 0.375. The number of rotatable bonds is 6. The normalized spacial score (nSPS) is 18.8. The van der Waals surface area contributed by atoms with Crippen molar-refractivity contribution in [3.05, 3.63) is 63.1 Å². The van der Waals surface area contributed by atoms with Crippen LogP contribution in [0.25, 0.3) is 0 Å². The third-order valence-corrected chi connectivity index (χ3v) is 7.62. The molecule has 3 amide bonds. The molecule has 0 radical (unpaired) electrons. The number of thiophene rings is 1. The molecule has 0 aliphatic carbocycles. The van der Waals surface area contributed by atoms with Crippen molar-refractivity contribution in [1.82, 2.24) is 20.5 Å². The number of carbonyl (C=O) groups excluding carboxylic acids is 3. The van der Waals surface area contributed by atoms with E-state index in [4.69, 9.17) is 0 Å². The molecule has 2 atom stereocenters. The standard InChI is InChI=1S/C24H25N5O4S/c1-14-18(27-33-26-14)12-25-22(30)16-6-4-10-28(13-16)19-8-3-7-17-21(19)24(32)29(23(17)31)15(2)20-9-5-11-34-20/h3,5,7-9,11,15-16H,4,6,10,12-13H2,1-2H3,(H,25,30)/t15-,16+/m1/s1. The summed E-state index contributed by atoms with van der Waals surface area (Å²) in [5, 5.41) is 12.4. The lowest BCUT2D eigenvalue weighted by Gasteiger charge is -2.34. The van der Waals surface area contributed by atoms with E-state index in [9.17, 15) is 14.4 Å². The van der Waals surface area contributed by atoms with Crippen LogP contribution in [0.3, 0.4) is 0 Å². The number of carbonyl (C=O) groups is 3. The fourth-order valence-electron chi connectivity index (χ4n) is 4.69. The molecule has 0 spiro atoms. The van der Waals surface area contributed by atoms with Gasteiger partial charge in [0.05, 0.1) is 35.3 Å². The Labute approximate surface area is 200 Å². The van der Waals surface area contributed by atoms with Crippen molar-refractivity contribution in [3.63, 3.8) is 0 Å². The molecule has 5 rings (SSSR count). The molecule has 0 saturated carbocycles. The van der Waals surface area contributed by atoms with Crippen molar-refractivity contribution in [2.75, 3.05) is 18.0 Å². The summed E-state index contributed by atoms with van der Waals surface area (Å²) in [5.41, 5.74) is 2.82. The lowest BCUT2D eigenvalue weighted by atomic mass is 9.95. The van der Waals surface area contributed by atoms with E-state index in [1.807, 2.05) is 36.6 Å². The van der Waals surface area contributed by atoms with Gasteiger partial charge < -0.3 is 10.2 Å². The molecule has 4 heterocycles. The monoisotopic (exact) mass is 479 g/mol. The molecule has 1 fully saturated rings. The molecule has 34 heavy (non-hydrogen) atoms. The molecule has 0 unspecified atom stereocenters. The Morgan fingerprint density at radius 1 is 1.24 bits per heavy atom. The van der Waals surface area contributed by atoms with Crippen LogP contribution in [0.5, 0.6) is 0 Å². The number of benzene rings is 1. The van der Waals surface area contributed by atoms with Crippen LogP contribution in [0.15, 0.2) is 40.3 Å². The quantitative estimate of drug-likeness (QED) is 0.540. The molecule has 0 bridgehead atoms. The largest absolute Gasteiger partial charge is 0.370 e. The number of amides is 3. The summed E-state index contributed by atoms with van der Waals surface area (Å²) in [6.07, 6.45) is 1.56. The Morgan fingerprint density at radius 2 is 2.09 bits per heavy atom. The number of anilines is 1. The van der Waals surface area contributed by atoms with E-state index in [1.165, 1.54) is 16.2 Å². The van der Waals surface area contributed by atoms with E-state index in [2.05, 4.69) is 25.2 Å². The van der Waals surface area contributed by atoms with Gasteiger partial charge in [-0.25, -0.2) is 4.63 Å². The predicted molar refractivity (Wildman–Crippen MR) is 125 cm³/mol. The second kappa shape index (κ2) is 9.02. The van der Waals surface area contributed by atoms with E-state index in [0.29, 0.717) is 41.3 Å². The van der Waals surface area contributed by atoms with Crippen LogP contribution in [-0.2, 0) is 11.3 Å². The van der Waals surface area contributed by atoms with Crippen LogP contribution < -0.4 is 10.2 Å². The second-order valence-electron chi connectivity index (χ2n) is 8.67. The van der Waals surface area contributed by atoms with E-state index in [1.54, 1.807) is 13.0 Å². The topological polar surface area (TPSA) is 109 Å². The maximum atomic E-state index is 13.5. The fourth-order valence-corrected chi connectivity index (χ4v) is 5.47. The van der Waals surface area contributed by atoms with Crippen molar-refractivity contribution >= 4 is 34.7 Å². The van der Waals surface area contributed by atoms with Crippen molar-refractivity contribution in [1.29, 1.82) is 0 Å². The zero-order chi connectivity index (χ0) is 23.8. The maximum Gasteiger partial charge on any atom is 0.264 e. The highest BCUT2D eigenvalue weighted by Gasteiger charge is 2.42. The van der Waals surface area contributed by atoms with Gasteiger partial charge in [-0.15, -0.1) is 11.3 Å². The lowest BCUT2D eigenvalue weighted by Crippen LogP contribution is -2.43. The highest BCUT2D eigenvalue weighted by atomic mass is 32.1. The average Bonchev–Trinajstić information content (AvgIpc) is 3.58. The average molecular weight is 480 g/mol. The Balaban J connectivity index is 1.34. The summed E-state index contributed by atoms with van der Waals surface area (Å²) in [7, 11) is 0. The number of fused-ring (bicyclic) bond motifs is 1. The molecular weight excluding hydrogens is 454 g/mol. The summed E-state index contributed by atoms with van der Waals surface area (Å²) in [5.74, 6) is -0.865. The summed E-state index contributed by atoms with van der Waals surface area (Å²) in [6.45, 7) is 5.10. The highest BCUT2D eigenvalue weighted by Crippen LogP contribution is 2.38. The molecule has 1 N–H and O–H groups in total. The summed E-state index contributed by atoms with van der Waals surface area (Å²) in [6, 6.07) is 8.90. The Morgan fingerprint density at radius 3 is 2.82 bits per heavy atom. The SMILES string of the molecule is Cc1nonc1CNC(=O)[C@H]1CCCN(c2cccc3c2C(=O)N([C@H](C)c2cccs2)C3=O)C1. The van der Waals surface area contributed by atoms with Gasteiger partial charge in [0.15, 0.2) is 0 Å². The van der Waals surface area contributed by atoms with Gasteiger partial charge in [0.2, 0.25) is 5.91 Å². The van der Waals surface area contributed by atoms with Crippen LogP contribution in [0.1, 0.15) is 62.8 Å². The summed E-state index contributed by atoms with van der Waals surface area (Å²) < 4.78 is 4.69. The second-order valence-corrected chi connectivity index (χ2v) is 9.65. The van der Waals surface area contributed by atoms with Crippen LogP contribution in [0.4, 0.5) is 5.69 Å². The lowest BCUT2D eigenvalue weighted by molar-refractivity contribution is -0.125. The molecule has 2 aromatic heterocycles. The predicted octanol–water partition coefficient (Wildman–Crippen LogP) is 3.33. The number of nitrogens with one attached hydrogen (secondary N) is 1. The van der Waals surface area contributed by atoms with Gasteiger partial charge in [0.1, 0.15) is 11.4 Å². The molecular formula is C24H25N5O4S. The van der Waals surface area contributed by atoms with E-state index in [0.717, 1.165) is 17.7 Å². The Bertz CT molecular complexity index is 1240. The minimum Gasteiger partial charge on any atom is -0.370 e. The van der Waals surface area contributed by atoms with Gasteiger partial charge in [-0.05, 0) is 50.3 Å². The van der Waals surface area contributed by atoms with Crippen molar-refractivity contribution in [2.24, 2.45) is 5.92 Å². The summed E-state index contributed by atoms with van der Waals surface area (Å²) >= 11 is 1.53. The molecule has 3 aromatic rings. The van der Waals surface area contributed by atoms with Gasteiger partial charge in [-0.2, -0.15) is 0 Å². The summed E-state index contributed by atoms with van der Waals surface area (Å²) in [4.78, 5) is 43.9. The van der Waals surface area contributed by atoms with Gasteiger partial charge >= 0.3 is 0 Å². The first-order chi connectivity index (χ1) is 16.5. The Kier molecular flexibility index (Phi) is 5.91.